The summed E-state index contributed by atoms with van der Waals surface area (Å²) in [6.07, 6.45) is 47.8. The van der Waals surface area contributed by atoms with E-state index in [1.807, 2.05) is 61.6 Å². The van der Waals surface area contributed by atoms with E-state index in [1.54, 1.807) is 30.4 Å². The molecule has 0 saturated carbocycles. The standard InChI is InChI=1S/C48H74NO12P/c1-3-5-7-8-9-10-11-12-13-14-15-16-17-18-22-25-31-38-47(53)61-44(40-59-62(56,57)60-41-45(49)48(54)55)39-58-46(52)37-32-26-30-36-43(51)35-29-24-21-19-20-23-28-34-42(50)33-27-6-4-2/h6,9-10,12-13,15-16,18,20-24,27-30,34-36,42-45,50-51H,3-5,7-8,11,14,17,19,25-26,31-33,37-41,49H2,1-2H3,(H,54,55)(H,56,57)/b10-9-,13-12-,16-15-,22-18-,23-20-,24-21-,27-6-,34-28+,35-29+,36-30-/t42-,43-,44-,45+/m1/s1. The molecule has 0 aliphatic heterocycles. The van der Waals surface area contributed by atoms with E-state index in [-0.39, 0.29) is 12.8 Å². The molecule has 0 aliphatic carbocycles. The molecule has 13 nitrogen and oxygen atoms in total. The topological polar surface area (TPSA) is 212 Å². The molecule has 0 aromatic heterocycles. The molecule has 0 rings (SSSR count). The van der Waals surface area contributed by atoms with Gasteiger partial charge in [-0.15, -0.1) is 0 Å². The SMILES string of the molecule is CC/C=C\C[C@@H](O)/C=C/C=C\C/C=C\C=C\[C@@H](O)/C=C\CCCC(=O)OC[C@H](COP(=O)(O)OC[C@H](N)C(=O)O)OC(=O)CCC/C=C\C/C=C\C/C=C\C/C=C\CCCCC. The van der Waals surface area contributed by atoms with Crippen LogP contribution in [0.3, 0.4) is 0 Å². The summed E-state index contributed by atoms with van der Waals surface area (Å²) >= 11 is 0. The van der Waals surface area contributed by atoms with Gasteiger partial charge in [0, 0.05) is 12.8 Å². The number of ether oxygens (including phenoxy) is 2. The van der Waals surface area contributed by atoms with Crippen molar-refractivity contribution in [3.63, 3.8) is 0 Å². The lowest BCUT2D eigenvalue weighted by molar-refractivity contribution is -0.161. The number of aliphatic hydroxyl groups excluding tert-OH is 2. The van der Waals surface area contributed by atoms with Crippen LogP contribution in [0, 0.1) is 0 Å². The molecule has 0 heterocycles. The van der Waals surface area contributed by atoms with Crippen LogP contribution >= 0.6 is 7.82 Å². The maximum absolute atomic E-state index is 12.6. The van der Waals surface area contributed by atoms with E-state index in [9.17, 15) is 34.1 Å². The molecule has 14 heteroatoms. The molecule has 348 valence electrons. The van der Waals surface area contributed by atoms with Gasteiger partial charge >= 0.3 is 25.7 Å². The van der Waals surface area contributed by atoms with Crippen molar-refractivity contribution >= 4 is 25.7 Å². The van der Waals surface area contributed by atoms with Crippen LogP contribution in [-0.4, -0.2) is 82.3 Å². The van der Waals surface area contributed by atoms with Crippen LogP contribution in [0.15, 0.2) is 122 Å². The van der Waals surface area contributed by atoms with E-state index < -0.39 is 69.9 Å². The summed E-state index contributed by atoms with van der Waals surface area (Å²) in [6, 6.07) is -1.57. The van der Waals surface area contributed by atoms with Gasteiger partial charge in [0.05, 0.1) is 25.4 Å². The summed E-state index contributed by atoms with van der Waals surface area (Å²) in [5.74, 6) is -2.68. The highest BCUT2D eigenvalue weighted by atomic mass is 31.2. The van der Waals surface area contributed by atoms with Crippen molar-refractivity contribution in [1.29, 1.82) is 0 Å². The van der Waals surface area contributed by atoms with Gasteiger partial charge in [-0.3, -0.25) is 23.4 Å². The smallest absolute Gasteiger partial charge is 0.472 e. The van der Waals surface area contributed by atoms with E-state index in [0.717, 1.165) is 32.1 Å². The van der Waals surface area contributed by atoms with Gasteiger partial charge in [0.25, 0.3) is 0 Å². The lowest BCUT2D eigenvalue weighted by Gasteiger charge is -2.20. The molecule has 0 aromatic carbocycles. The summed E-state index contributed by atoms with van der Waals surface area (Å²) < 4.78 is 32.5. The number of phosphoric ester groups is 1. The third-order valence-corrected chi connectivity index (χ3v) is 9.32. The first kappa shape index (κ1) is 57.8. The number of aliphatic hydroxyl groups is 2. The number of carboxylic acids is 1. The highest BCUT2D eigenvalue weighted by Gasteiger charge is 2.28. The number of hydrogen-bond donors (Lipinski definition) is 5. The highest BCUT2D eigenvalue weighted by molar-refractivity contribution is 7.47. The number of allylic oxidation sites excluding steroid dienone is 16. The summed E-state index contributed by atoms with van der Waals surface area (Å²) in [6.45, 7) is 2.30. The first-order valence-electron chi connectivity index (χ1n) is 21.8. The molecule has 0 amide bonds. The quantitative estimate of drug-likeness (QED) is 0.0129. The Morgan fingerprint density at radius 1 is 0.613 bits per heavy atom. The molecule has 0 saturated heterocycles. The average Bonchev–Trinajstić information content (AvgIpc) is 3.24. The van der Waals surface area contributed by atoms with Crippen LogP contribution in [0.5, 0.6) is 0 Å². The molecular formula is C48H74NO12P. The third kappa shape index (κ3) is 39.9. The second-order valence-corrected chi connectivity index (χ2v) is 15.6. The lowest BCUT2D eigenvalue weighted by Crippen LogP contribution is -2.34. The molecule has 0 aromatic rings. The van der Waals surface area contributed by atoms with Crippen molar-refractivity contribution in [3.8, 4) is 0 Å². The lowest BCUT2D eigenvalue weighted by atomic mass is 10.2. The molecule has 0 fully saturated rings. The number of carbonyl (C=O) groups excluding carboxylic acids is 2. The van der Waals surface area contributed by atoms with Gasteiger partial charge in [0.2, 0.25) is 0 Å². The van der Waals surface area contributed by atoms with E-state index in [0.29, 0.717) is 38.5 Å². The molecule has 6 N–H and O–H groups in total. The first-order valence-corrected chi connectivity index (χ1v) is 23.3. The maximum Gasteiger partial charge on any atom is 0.472 e. The van der Waals surface area contributed by atoms with E-state index >= 15 is 0 Å². The maximum atomic E-state index is 12.6. The number of aliphatic carboxylic acids is 1. The average molecular weight is 888 g/mol. The number of esters is 2. The van der Waals surface area contributed by atoms with Gasteiger partial charge in [0.15, 0.2) is 6.10 Å². The Kier molecular flexibility index (Phi) is 38.1. The van der Waals surface area contributed by atoms with Crippen molar-refractivity contribution in [2.45, 2.75) is 141 Å². The molecule has 62 heavy (non-hydrogen) atoms. The predicted octanol–water partition coefficient (Wildman–Crippen LogP) is 9.55. The molecule has 0 spiro atoms. The molecule has 5 atom stereocenters. The van der Waals surface area contributed by atoms with Crippen molar-refractivity contribution < 1.29 is 57.7 Å². The van der Waals surface area contributed by atoms with Crippen molar-refractivity contribution in [2.24, 2.45) is 5.73 Å². The van der Waals surface area contributed by atoms with Gasteiger partial charge in [0.1, 0.15) is 12.6 Å². The van der Waals surface area contributed by atoms with E-state index in [1.165, 1.54) is 19.3 Å². The normalized spacial score (nSPS) is 15.8. The predicted molar refractivity (Wildman–Crippen MR) is 247 cm³/mol. The van der Waals surface area contributed by atoms with Crippen LogP contribution in [-0.2, 0) is 37.5 Å². The Balaban J connectivity index is 4.73. The minimum absolute atomic E-state index is 0.0157. The third-order valence-electron chi connectivity index (χ3n) is 8.37. The monoisotopic (exact) mass is 887 g/mol. The van der Waals surface area contributed by atoms with Gasteiger partial charge < -0.3 is 35.4 Å². The number of hydrogen-bond acceptors (Lipinski definition) is 11. The van der Waals surface area contributed by atoms with Crippen LogP contribution in [0.1, 0.15) is 117 Å². The molecule has 0 aliphatic rings. The zero-order valence-electron chi connectivity index (χ0n) is 36.9. The van der Waals surface area contributed by atoms with Crippen LogP contribution in [0.2, 0.25) is 0 Å². The van der Waals surface area contributed by atoms with Crippen LogP contribution in [0.4, 0.5) is 0 Å². The fourth-order valence-electron chi connectivity index (χ4n) is 4.91. The highest BCUT2D eigenvalue weighted by Crippen LogP contribution is 2.43. The van der Waals surface area contributed by atoms with Gasteiger partial charge in [-0.05, 0) is 77.0 Å². The second kappa shape index (κ2) is 40.8. The minimum atomic E-state index is -4.79. The van der Waals surface area contributed by atoms with Crippen molar-refractivity contribution in [3.05, 3.63) is 122 Å². The molecule has 1 unspecified atom stereocenters. The molecule has 0 bridgehead atoms. The van der Waals surface area contributed by atoms with E-state index in [4.69, 9.17) is 24.8 Å². The Morgan fingerprint density at radius 2 is 1.16 bits per heavy atom. The summed E-state index contributed by atoms with van der Waals surface area (Å²) in [5.41, 5.74) is 5.32. The number of carboxylic acid groups (broad SMARTS) is 1. The largest absolute Gasteiger partial charge is 0.480 e. The van der Waals surface area contributed by atoms with Gasteiger partial charge in [-0.25, -0.2) is 4.57 Å². The van der Waals surface area contributed by atoms with E-state index in [2.05, 4.69) is 47.9 Å². The van der Waals surface area contributed by atoms with Crippen LogP contribution < -0.4 is 5.73 Å². The fraction of sp³-hybridized carbons (Fsp3) is 0.521. The Labute approximate surface area is 370 Å². The Morgan fingerprint density at radius 3 is 1.77 bits per heavy atom. The zero-order chi connectivity index (χ0) is 45.9. The zero-order valence-corrected chi connectivity index (χ0v) is 37.8. The summed E-state index contributed by atoms with van der Waals surface area (Å²) in [4.78, 5) is 46.0. The number of carbonyl (C=O) groups is 3. The van der Waals surface area contributed by atoms with Crippen molar-refractivity contribution in [1.82, 2.24) is 0 Å². The molecule has 0 radical (unpaired) electrons. The van der Waals surface area contributed by atoms with Crippen LogP contribution in [0.25, 0.3) is 0 Å². The fourth-order valence-corrected chi connectivity index (χ4v) is 5.69. The van der Waals surface area contributed by atoms with Gasteiger partial charge in [-0.2, -0.15) is 0 Å². The van der Waals surface area contributed by atoms with Gasteiger partial charge in [-0.1, -0.05) is 148 Å². The number of unbranched alkanes of at least 4 members (excludes halogenated alkanes) is 5. The number of phosphoric acid groups is 1. The summed E-state index contributed by atoms with van der Waals surface area (Å²) in [5, 5.41) is 28.9. The summed E-state index contributed by atoms with van der Waals surface area (Å²) in [7, 11) is -4.79. The number of nitrogens with two attached hydrogens (primary N) is 1. The molecular weight excluding hydrogens is 813 g/mol. The minimum Gasteiger partial charge on any atom is -0.480 e. The number of rotatable bonds is 38. The Bertz CT molecular complexity index is 1540. The Hall–Kier alpha value is -4.20. The first-order chi connectivity index (χ1) is 29.9. The second-order valence-electron chi connectivity index (χ2n) is 14.1. The van der Waals surface area contributed by atoms with Crippen molar-refractivity contribution in [2.75, 3.05) is 19.8 Å².